The van der Waals surface area contributed by atoms with Crippen LogP contribution in [-0.2, 0) is 11.2 Å². The molecule has 0 saturated carbocycles. The van der Waals surface area contributed by atoms with Crippen LogP contribution in [0.25, 0.3) is 0 Å². The van der Waals surface area contributed by atoms with Crippen LogP contribution in [0.5, 0.6) is 0 Å². The highest BCUT2D eigenvalue weighted by molar-refractivity contribution is 6.29. The van der Waals surface area contributed by atoms with Gasteiger partial charge in [0.1, 0.15) is 5.15 Å². The minimum atomic E-state index is 0.0347. The first-order chi connectivity index (χ1) is 10.7. The standard InChI is InChI=1S/C17H17ClN2O2/c18-17-6-5-14(10-20-17)15(21)9-12-1-3-13(4-2-12)16-11-19-7-8-22-16/h1-6,10,16,19H,7-9,11H2/t16-/m0/s1. The van der Waals surface area contributed by atoms with E-state index < -0.39 is 0 Å². The van der Waals surface area contributed by atoms with Crippen molar-refractivity contribution >= 4 is 17.4 Å². The summed E-state index contributed by atoms with van der Waals surface area (Å²) in [5, 5.41) is 3.70. The molecule has 22 heavy (non-hydrogen) atoms. The molecule has 3 rings (SSSR count). The van der Waals surface area contributed by atoms with E-state index in [1.807, 2.05) is 24.3 Å². The largest absolute Gasteiger partial charge is 0.371 e. The summed E-state index contributed by atoms with van der Waals surface area (Å²) in [4.78, 5) is 16.1. The summed E-state index contributed by atoms with van der Waals surface area (Å²) >= 11 is 5.73. The second-order valence-electron chi connectivity index (χ2n) is 5.27. The van der Waals surface area contributed by atoms with Crippen molar-refractivity contribution in [3.63, 3.8) is 0 Å². The third-order valence-corrected chi connectivity index (χ3v) is 3.92. The predicted molar refractivity (Wildman–Crippen MR) is 85.3 cm³/mol. The number of halogens is 1. The molecule has 1 N–H and O–H groups in total. The number of hydrogen-bond acceptors (Lipinski definition) is 4. The van der Waals surface area contributed by atoms with Gasteiger partial charge in [-0.2, -0.15) is 0 Å². The second-order valence-corrected chi connectivity index (χ2v) is 5.66. The van der Waals surface area contributed by atoms with Crippen LogP contribution < -0.4 is 5.32 Å². The number of ketones is 1. The minimum Gasteiger partial charge on any atom is -0.371 e. The zero-order valence-electron chi connectivity index (χ0n) is 12.1. The fraction of sp³-hybridized carbons (Fsp3) is 0.294. The lowest BCUT2D eigenvalue weighted by molar-refractivity contribution is 0.0277. The Morgan fingerprint density at radius 3 is 2.73 bits per heavy atom. The number of carbonyl (C=O) groups excluding carboxylic acids is 1. The molecule has 114 valence electrons. The maximum absolute atomic E-state index is 12.2. The molecule has 0 radical (unpaired) electrons. The van der Waals surface area contributed by atoms with Crippen molar-refractivity contribution in [3.8, 4) is 0 Å². The van der Waals surface area contributed by atoms with E-state index in [0.29, 0.717) is 17.1 Å². The average Bonchev–Trinajstić information content (AvgIpc) is 2.57. The Balaban J connectivity index is 1.65. The zero-order valence-corrected chi connectivity index (χ0v) is 12.8. The van der Waals surface area contributed by atoms with Gasteiger partial charge in [-0.05, 0) is 23.3 Å². The fourth-order valence-corrected chi connectivity index (χ4v) is 2.57. The van der Waals surface area contributed by atoms with Gasteiger partial charge in [-0.15, -0.1) is 0 Å². The van der Waals surface area contributed by atoms with Gasteiger partial charge in [-0.1, -0.05) is 35.9 Å². The minimum absolute atomic E-state index is 0.0347. The Morgan fingerprint density at radius 1 is 1.27 bits per heavy atom. The van der Waals surface area contributed by atoms with Gasteiger partial charge >= 0.3 is 0 Å². The number of nitrogens with zero attached hydrogens (tertiary/aromatic N) is 1. The quantitative estimate of drug-likeness (QED) is 0.696. The first-order valence-electron chi connectivity index (χ1n) is 7.28. The topological polar surface area (TPSA) is 51.2 Å². The molecule has 0 unspecified atom stereocenters. The molecule has 0 amide bonds. The molecule has 5 heteroatoms. The monoisotopic (exact) mass is 316 g/mol. The molecule has 4 nitrogen and oxygen atoms in total. The number of hydrogen-bond donors (Lipinski definition) is 1. The van der Waals surface area contributed by atoms with Gasteiger partial charge in [0.2, 0.25) is 0 Å². The van der Waals surface area contributed by atoms with E-state index in [1.165, 1.54) is 6.20 Å². The molecule has 0 spiro atoms. The van der Waals surface area contributed by atoms with E-state index in [1.54, 1.807) is 12.1 Å². The smallest absolute Gasteiger partial charge is 0.168 e. The fourth-order valence-electron chi connectivity index (χ4n) is 2.46. The molecule has 1 aromatic heterocycles. The maximum atomic E-state index is 12.2. The van der Waals surface area contributed by atoms with Crippen molar-refractivity contribution in [1.82, 2.24) is 10.3 Å². The molecular formula is C17H17ClN2O2. The van der Waals surface area contributed by atoms with Gasteiger partial charge in [0.25, 0.3) is 0 Å². The number of Topliss-reactive ketones (excluding diaryl/α,β-unsaturated/α-hetero) is 1. The summed E-state index contributed by atoms with van der Waals surface area (Å²) < 4.78 is 5.72. The number of benzene rings is 1. The van der Waals surface area contributed by atoms with Crippen LogP contribution in [0.4, 0.5) is 0 Å². The average molecular weight is 317 g/mol. The normalized spacial score (nSPS) is 18.1. The Kier molecular flexibility index (Phi) is 4.83. The molecule has 2 heterocycles. The Hall–Kier alpha value is -1.75. The highest BCUT2D eigenvalue weighted by atomic mass is 35.5. The summed E-state index contributed by atoms with van der Waals surface area (Å²) in [6, 6.07) is 11.3. The van der Waals surface area contributed by atoms with E-state index in [0.717, 1.165) is 30.8 Å². The van der Waals surface area contributed by atoms with Crippen LogP contribution in [0.15, 0.2) is 42.6 Å². The van der Waals surface area contributed by atoms with Crippen LogP contribution >= 0.6 is 11.6 Å². The number of aromatic nitrogens is 1. The molecule has 1 fully saturated rings. The van der Waals surface area contributed by atoms with Crippen LogP contribution in [0.2, 0.25) is 5.15 Å². The summed E-state index contributed by atoms with van der Waals surface area (Å²) in [7, 11) is 0. The van der Waals surface area contributed by atoms with E-state index in [4.69, 9.17) is 16.3 Å². The Labute approximate surface area is 134 Å². The lowest BCUT2D eigenvalue weighted by atomic mass is 10.0. The van der Waals surface area contributed by atoms with Gasteiger partial charge in [0, 0.05) is 31.3 Å². The lowest BCUT2D eigenvalue weighted by Gasteiger charge is -2.24. The van der Waals surface area contributed by atoms with Gasteiger partial charge in [-0.3, -0.25) is 4.79 Å². The summed E-state index contributed by atoms with van der Waals surface area (Å²) in [6.07, 6.45) is 1.97. The molecule has 2 aromatic rings. The highest BCUT2D eigenvalue weighted by Gasteiger charge is 2.15. The molecule has 1 atom stereocenters. The summed E-state index contributed by atoms with van der Waals surface area (Å²) in [5.74, 6) is 0.0347. The van der Waals surface area contributed by atoms with Crippen molar-refractivity contribution in [2.45, 2.75) is 12.5 Å². The SMILES string of the molecule is O=C(Cc1ccc([C@@H]2CNCCO2)cc1)c1ccc(Cl)nc1. The summed E-state index contributed by atoms with van der Waals surface area (Å²) in [6.45, 7) is 2.46. The lowest BCUT2D eigenvalue weighted by Crippen LogP contribution is -2.33. The van der Waals surface area contributed by atoms with Crippen LogP contribution in [0.3, 0.4) is 0 Å². The van der Waals surface area contributed by atoms with Crippen molar-refractivity contribution in [2.24, 2.45) is 0 Å². The number of pyridine rings is 1. The van der Waals surface area contributed by atoms with E-state index in [2.05, 4.69) is 10.3 Å². The first-order valence-corrected chi connectivity index (χ1v) is 7.66. The third-order valence-electron chi connectivity index (χ3n) is 3.69. The molecule has 1 aromatic carbocycles. The van der Waals surface area contributed by atoms with Crippen molar-refractivity contribution < 1.29 is 9.53 Å². The van der Waals surface area contributed by atoms with Crippen molar-refractivity contribution in [1.29, 1.82) is 0 Å². The third kappa shape index (κ3) is 3.71. The van der Waals surface area contributed by atoms with Crippen molar-refractivity contribution in [2.75, 3.05) is 19.7 Å². The molecular weight excluding hydrogens is 300 g/mol. The van der Waals surface area contributed by atoms with E-state index in [9.17, 15) is 4.79 Å². The molecule has 1 aliphatic rings. The zero-order chi connectivity index (χ0) is 15.4. The number of nitrogens with one attached hydrogen (secondary N) is 1. The molecule has 0 aliphatic carbocycles. The Morgan fingerprint density at radius 2 is 2.09 bits per heavy atom. The van der Waals surface area contributed by atoms with Crippen LogP contribution in [0.1, 0.15) is 27.6 Å². The number of rotatable bonds is 4. The van der Waals surface area contributed by atoms with Gasteiger partial charge in [-0.25, -0.2) is 4.98 Å². The van der Waals surface area contributed by atoms with Gasteiger partial charge < -0.3 is 10.1 Å². The molecule has 1 aliphatic heterocycles. The number of carbonyl (C=O) groups is 1. The Bertz CT molecular complexity index is 635. The van der Waals surface area contributed by atoms with E-state index in [-0.39, 0.29) is 11.9 Å². The number of morpholine rings is 1. The van der Waals surface area contributed by atoms with Crippen LogP contribution in [0, 0.1) is 0 Å². The van der Waals surface area contributed by atoms with E-state index >= 15 is 0 Å². The summed E-state index contributed by atoms with van der Waals surface area (Å²) in [5.41, 5.74) is 2.69. The maximum Gasteiger partial charge on any atom is 0.168 e. The van der Waals surface area contributed by atoms with Crippen LogP contribution in [-0.4, -0.2) is 30.5 Å². The van der Waals surface area contributed by atoms with Gasteiger partial charge in [0.05, 0.1) is 12.7 Å². The molecule has 1 saturated heterocycles. The van der Waals surface area contributed by atoms with Crippen molar-refractivity contribution in [3.05, 3.63) is 64.4 Å². The first kappa shape index (κ1) is 15.2. The molecule has 0 bridgehead atoms. The highest BCUT2D eigenvalue weighted by Crippen LogP contribution is 2.19. The van der Waals surface area contributed by atoms with Gasteiger partial charge in [0.15, 0.2) is 5.78 Å². The predicted octanol–water partition coefficient (Wildman–Crippen LogP) is 2.82. The second kappa shape index (κ2) is 7.01. The number of ether oxygens (including phenoxy) is 1.